The number of halogens is 2. The lowest BCUT2D eigenvalue weighted by Gasteiger charge is -2.06. The molecule has 0 radical (unpaired) electrons. The molecule has 0 aliphatic carbocycles. The Labute approximate surface area is 149 Å². The van der Waals surface area contributed by atoms with Crippen molar-refractivity contribution in [3.8, 4) is 5.75 Å². The van der Waals surface area contributed by atoms with Crippen LogP contribution in [0.2, 0.25) is 10.0 Å². The molecule has 0 aromatic heterocycles. The third-order valence-corrected chi connectivity index (χ3v) is 4.45. The molecule has 3 rings (SSSR count). The summed E-state index contributed by atoms with van der Waals surface area (Å²) in [6.45, 7) is 0.339. The van der Waals surface area contributed by atoms with Gasteiger partial charge in [0.25, 0.3) is 0 Å². The average molecular weight is 365 g/mol. The lowest BCUT2D eigenvalue weighted by atomic mass is 10.1. The molecular weight excluding hydrogens is 351 g/mol. The van der Waals surface area contributed by atoms with Gasteiger partial charge in [0.2, 0.25) is 0 Å². The standard InChI is InChI=1S/C18H14Cl2O4/c19-14-3-1-11(7-15(14)20)8-18(22)24-10-16(21)12-2-4-17-13(9-12)5-6-23-17/h1-4,7,9H,5-6,8,10H2. The third kappa shape index (κ3) is 3.89. The molecule has 0 N–H and O–H groups in total. The van der Waals surface area contributed by atoms with E-state index in [-0.39, 0.29) is 18.8 Å². The Morgan fingerprint density at radius 2 is 1.92 bits per heavy atom. The highest BCUT2D eigenvalue weighted by Crippen LogP contribution is 2.26. The summed E-state index contributed by atoms with van der Waals surface area (Å²) < 4.78 is 10.5. The highest BCUT2D eigenvalue weighted by molar-refractivity contribution is 6.42. The maximum absolute atomic E-state index is 12.1. The molecule has 0 saturated carbocycles. The summed E-state index contributed by atoms with van der Waals surface area (Å²) in [6, 6.07) is 10.2. The first-order valence-electron chi connectivity index (χ1n) is 7.41. The van der Waals surface area contributed by atoms with Crippen LogP contribution in [-0.4, -0.2) is 25.0 Å². The van der Waals surface area contributed by atoms with Gasteiger partial charge in [0, 0.05) is 12.0 Å². The SMILES string of the molecule is O=C(Cc1ccc(Cl)c(Cl)c1)OCC(=O)c1ccc2c(c1)CCO2. The van der Waals surface area contributed by atoms with E-state index in [1.807, 2.05) is 0 Å². The van der Waals surface area contributed by atoms with Gasteiger partial charge in [0.05, 0.1) is 23.1 Å². The Morgan fingerprint density at radius 3 is 2.71 bits per heavy atom. The predicted molar refractivity (Wildman–Crippen MR) is 91.1 cm³/mol. The quantitative estimate of drug-likeness (QED) is 0.596. The van der Waals surface area contributed by atoms with Gasteiger partial charge in [-0.05, 0) is 41.5 Å². The zero-order valence-corrected chi connectivity index (χ0v) is 14.2. The fourth-order valence-corrected chi connectivity index (χ4v) is 2.78. The Kier molecular flexibility index (Phi) is 5.07. The van der Waals surface area contributed by atoms with E-state index in [9.17, 15) is 9.59 Å². The fourth-order valence-electron chi connectivity index (χ4n) is 2.46. The smallest absolute Gasteiger partial charge is 0.310 e. The number of hydrogen-bond acceptors (Lipinski definition) is 4. The molecule has 1 aliphatic rings. The van der Waals surface area contributed by atoms with Crippen LogP contribution in [-0.2, 0) is 22.4 Å². The van der Waals surface area contributed by atoms with Crippen molar-refractivity contribution in [3.63, 3.8) is 0 Å². The van der Waals surface area contributed by atoms with Crippen molar-refractivity contribution in [1.29, 1.82) is 0 Å². The van der Waals surface area contributed by atoms with Crippen LogP contribution in [0.15, 0.2) is 36.4 Å². The first-order chi connectivity index (χ1) is 11.5. The van der Waals surface area contributed by atoms with Crippen LogP contribution in [0.25, 0.3) is 0 Å². The van der Waals surface area contributed by atoms with Gasteiger partial charge in [-0.3, -0.25) is 9.59 Å². The lowest BCUT2D eigenvalue weighted by Crippen LogP contribution is -2.15. The van der Waals surface area contributed by atoms with Crippen molar-refractivity contribution in [2.45, 2.75) is 12.8 Å². The number of carbonyl (C=O) groups excluding carboxylic acids is 2. The van der Waals surface area contributed by atoms with E-state index in [1.54, 1.807) is 36.4 Å². The molecule has 1 heterocycles. The van der Waals surface area contributed by atoms with Crippen LogP contribution < -0.4 is 4.74 Å². The summed E-state index contributed by atoms with van der Waals surface area (Å²) in [5.41, 5.74) is 2.20. The van der Waals surface area contributed by atoms with E-state index >= 15 is 0 Å². The molecule has 0 bridgehead atoms. The minimum Gasteiger partial charge on any atom is -0.493 e. The van der Waals surface area contributed by atoms with Gasteiger partial charge in [0.1, 0.15) is 5.75 Å². The van der Waals surface area contributed by atoms with Gasteiger partial charge in [0.15, 0.2) is 12.4 Å². The zero-order chi connectivity index (χ0) is 17.1. The van der Waals surface area contributed by atoms with Crippen LogP contribution >= 0.6 is 23.2 Å². The van der Waals surface area contributed by atoms with Gasteiger partial charge < -0.3 is 9.47 Å². The van der Waals surface area contributed by atoms with Gasteiger partial charge >= 0.3 is 5.97 Å². The van der Waals surface area contributed by atoms with Crippen LogP contribution in [0.3, 0.4) is 0 Å². The molecule has 2 aromatic carbocycles. The molecule has 4 nitrogen and oxygen atoms in total. The summed E-state index contributed by atoms with van der Waals surface area (Å²) in [5.74, 6) is 0.0709. The maximum Gasteiger partial charge on any atom is 0.310 e. The number of esters is 1. The second-order valence-corrected chi connectivity index (χ2v) is 6.24. The number of hydrogen-bond donors (Lipinski definition) is 0. The van der Waals surface area contributed by atoms with E-state index in [0.29, 0.717) is 27.8 Å². The Balaban J connectivity index is 1.55. The molecule has 6 heteroatoms. The molecule has 0 unspecified atom stereocenters. The van der Waals surface area contributed by atoms with E-state index in [1.165, 1.54) is 0 Å². The normalized spacial score (nSPS) is 12.4. The van der Waals surface area contributed by atoms with E-state index in [0.717, 1.165) is 17.7 Å². The number of fused-ring (bicyclic) bond motifs is 1. The second-order valence-electron chi connectivity index (χ2n) is 5.43. The molecule has 1 aliphatic heterocycles. The predicted octanol–water partition coefficient (Wildman–Crippen LogP) is 3.90. The molecular formula is C18H14Cl2O4. The van der Waals surface area contributed by atoms with Crippen LogP contribution in [0, 0.1) is 0 Å². The summed E-state index contributed by atoms with van der Waals surface area (Å²) in [4.78, 5) is 24.0. The summed E-state index contributed by atoms with van der Waals surface area (Å²) in [6.07, 6.45) is 0.815. The Bertz CT molecular complexity index is 802. The number of ketones is 1. The first-order valence-corrected chi connectivity index (χ1v) is 8.17. The monoisotopic (exact) mass is 364 g/mol. The van der Waals surface area contributed by atoms with Crippen molar-refractivity contribution in [3.05, 3.63) is 63.1 Å². The largest absolute Gasteiger partial charge is 0.493 e. The molecule has 0 atom stereocenters. The van der Waals surface area contributed by atoms with E-state index in [2.05, 4.69) is 0 Å². The minimum atomic E-state index is -0.494. The van der Waals surface area contributed by atoms with Crippen molar-refractivity contribution < 1.29 is 19.1 Å². The number of rotatable bonds is 5. The highest BCUT2D eigenvalue weighted by atomic mass is 35.5. The number of ether oxygens (including phenoxy) is 2. The Hall–Kier alpha value is -2.04. The lowest BCUT2D eigenvalue weighted by molar-refractivity contribution is -0.141. The van der Waals surface area contributed by atoms with E-state index < -0.39 is 5.97 Å². The highest BCUT2D eigenvalue weighted by Gasteiger charge is 2.16. The molecule has 0 spiro atoms. The average Bonchev–Trinajstić information content (AvgIpc) is 3.03. The number of Topliss-reactive ketones (excluding diaryl/α,β-unsaturated/α-hetero) is 1. The number of carbonyl (C=O) groups is 2. The third-order valence-electron chi connectivity index (χ3n) is 3.71. The zero-order valence-electron chi connectivity index (χ0n) is 12.7. The van der Waals surface area contributed by atoms with Crippen LogP contribution in [0.4, 0.5) is 0 Å². The van der Waals surface area contributed by atoms with Crippen LogP contribution in [0.5, 0.6) is 5.75 Å². The molecule has 24 heavy (non-hydrogen) atoms. The maximum atomic E-state index is 12.1. The van der Waals surface area contributed by atoms with Gasteiger partial charge in [-0.1, -0.05) is 29.3 Å². The van der Waals surface area contributed by atoms with Gasteiger partial charge in [-0.25, -0.2) is 0 Å². The molecule has 0 amide bonds. The van der Waals surface area contributed by atoms with Gasteiger partial charge in [-0.15, -0.1) is 0 Å². The fraction of sp³-hybridized carbons (Fsp3) is 0.222. The second kappa shape index (κ2) is 7.24. The topological polar surface area (TPSA) is 52.6 Å². The van der Waals surface area contributed by atoms with Crippen molar-refractivity contribution in [2.75, 3.05) is 13.2 Å². The summed E-state index contributed by atoms with van der Waals surface area (Å²) >= 11 is 11.7. The molecule has 2 aromatic rings. The van der Waals surface area contributed by atoms with Crippen LogP contribution in [0.1, 0.15) is 21.5 Å². The number of benzene rings is 2. The molecule has 0 saturated heterocycles. The van der Waals surface area contributed by atoms with Crippen molar-refractivity contribution in [2.24, 2.45) is 0 Å². The minimum absolute atomic E-state index is 0.0300. The van der Waals surface area contributed by atoms with E-state index in [4.69, 9.17) is 32.7 Å². The van der Waals surface area contributed by atoms with Crippen molar-refractivity contribution in [1.82, 2.24) is 0 Å². The summed E-state index contributed by atoms with van der Waals surface area (Å²) in [5, 5.41) is 0.794. The molecule has 0 fully saturated rings. The summed E-state index contributed by atoms with van der Waals surface area (Å²) in [7, 11) is 0. The first kappa shape index (κ1) is 16.8. The Morgan fingerprint density at radius 1 is 1.08 bits per heavy atom. The van der Waals surface area contributed by atoms with Crippen molar-refractivity contribution >= 4 is 35.0 Å². The van der Waals surface area contributed by atoms with Gasteiger partial charge in [-0.2, -0.15) is 0 Å². The molecule has 124 valence electrons.